The van der Waals surface area contributed by atoms with E-state index < -0.39 is 21.6 Å². The third-order valence-corrected chi connectivity index (χ3v) is 5.30. The van der Waals surface area contributed by atoms with Gasteiger partial charge in [-0.1, -0.05) is 78.9 Å². The van der Waals surface area contributed by atoms with Crippen molar-refractivity contribution in [3.8, 4) is 0 Å². The predicted molar refractivity (Wildman–Crippen MR) is 112 cm³/mol. The van der Waals surface area contributed by atoms with Crippen LogP contribution in [0.4, 0.5) is 13.6 Å². The molecule has 2 atom stereocenters. The summed E-state index contributed by atoms with van der Waals surface area (Å²) in [6, 6.07) is 23.4. The summed E-state index contributed by atoms with van der Waals surface area (Å²) >= 11 is 1.55. The Hall–Kier alpha value is -2.48. The Balaban J connectivity index is 1.96. The molecule has 3 rings (SSSR count). The predicted octanol–water partition coefficient (Wildman–Crippen LogP) is 5.73. The van der Waals surface area contributed by atoms with Gasteiger partial charge in [0, 0.05) is 5.56 Å². The third kappa shape index (κ3) is 4.32. The second-order valence-electron chi connectivity index (χ2n) is 6.14. The minimum Gasteiger partial charge on any atom is -0.445 e. The molecule has 0 aliphatic heterocycles. The van der Waals surface area contributed by atoms with Crippen molar-refractivity contribution in [1.82, 2.24) is 5.32 Å². The van der Waals surface area contributed by atoms with E-state index >= 15 is 4.39 Å². The lowest BCUT2D eigenvalue weighted by molar-refractivity contribution is 0.123. The van der Waals surface area contributed by atoms with Crippen LogP contribution < -0.4 is 5.32 Å². The molecule has 0 spiro atoms. The van der Waals surface area contributed by atoms with E-state index in [4.69, 9.17) is 4.74 Å². The third-order valence-electron chi connectivity index (χ3n) is 4.37. The van der Waals surface area contributed by atoms with Crippen molar-refractivity contribution < 1.29 is 18.3 Å². The molecule has 0 bridgehead atoms. The van der Waals surface area contributed by atoms with Crippen molar-refractivity contribution in [2.24, 2.45) is 0 Å². The highest BCUT2D eigenvalue weighted by atomic mass is 127. The van der Waals surface area contributed by atoms with Gasteiger partial charge in [0.1, 0.15) is 18.0 Å². The molecule has 0 saturated heterocycles. The van der Waals surface area contributed by atoms with Crippen LogP contribution in [0, 0.1) is 5.82 Å². The lowest BCUT2D eigenvalue weighted by Gasteiger charge is -2.36. The zero-order chi connectivity index (χ0) is 20.0. The van der Waals surface area contributed by atoms with Crippen LogP contribution in [-0.2, 0) is 16.9 Å². The number of halogens is 3. The van der Waals surface area contributed by atoms with Crippen LogP contribution in [0.3, 0.4) is 0 Å². The summed E-state index contributed by atoms with van der Waals surface area (Å²) in [5, 5.41) is 2.59. The Morgan fingerprint density at radius 3 is 2.14 bits per heavy atom. The maximum absolute atomic E-state index is 15.0. The number of nitrogens with one attached hydrogen (secondary N) is 1. The topological polar surface area (TPSA) is 38.3 Å². The molecule has 1 N–H and O–H groups in total. The smallest absolute Gasteiger partial charge is 0.408 e. The van der Waals surface area contributed by atoms with Crippen molar-refractivity contribution in [2.75, 3.05) is 0 Å². The van der Waals surface area contributed by atoms with Crippen LogP contribution in [0.5, 0.6) is 0 Å². The van der Waals surface area contributed by atoms with Crippen molar-refractivity contribution >= 4 is 28.7 Å². The number of carbonyl (C=O) groups excluding carboxylic acids is 1. The molecule has 1 amide bonds. The maximum Gasteiger partial charge on any atom is 0.408 e. The summed E-state index contributed by atoms with van der Waals surface area (Å²) in [4.78, 5) is 12.6. The van der Waals surface area contributed by atoms with Crippen molar-refractivity contribution in [1.29, 1.82) is 0 Å². The number of hydrogen-bond acceptors (Lipinski definition) is 2. The van der Waals surface area contributed by atoms with E-state index in [0.717, 1.165) is 5.56 Å². The zero-order valence-corrected chi connectivity index (χ0v) is 17.0. The number of amides is 1. The molecule has 6 heteroatoms. The van der Waals surface area contributed by atoms with E-state index in [1.54, 1.807) is 59.0 Å². The quantitative estimate of drug-likeness (QED) is 0.352. The summed E-state index contributed by atoms with van der Waals surface area (Å²) in [6.07, 6.45) is -0.838. The van der Waals surface area contributed by atoms with E-state index in [2.05, 4.69) is 5.32 Å². The molecule has 2 unspecified atom stereocenters. The monoisotopic (exact) mass is 493 g/mol. The molecular formula is C22H18F2INO2. The number of alkyl carbamates (subject to hydrolysis) is 1. The van der Waals surface area contributed by atoms with Crippen molar-refractivity contribution in [3.05, 3.63) is 107 Å². The fourth-order valence-corrected chi connectivity index (χ4v) is 3.85. The van der Waals surface area contributed by atoms with Crippen LogP contribution in [0.2, 0.25) is 0 Å². The standard InChI is InChI=1S/C22H18F2INO2/c23-19-14-8-7-13-18(19)22(20(24)25,17-11-5-2-6-12-17)26-21(27)28-15-16-9-3-1-4-10-16/h1-14,20H,15H2,(H,26,27). The number of benzene rings is 3. The molecule has 0 heterocycles. The van der Waals surface area contributed by atoms with Gasteiger partial charge in [0.25, 0.3) is 0 Å². The summed E-state index contributed by atoms with van der Waals surface area (Å²) < 4.78 is 33.3. The lowest BCUT2D eigenvalue weighted by atomic mass is 9.83. The largest absolute Gasteiger partial charge is 0.445 e. The molecule has 3 aromatic carbocycles. The minimum atomic E-state index is -1.74. The Labute approximate surface area is 175 Å². The normalized spacial score (nSPS) is 14.0. The minimum absolute atomic E-state index is 0.0208. The van der Waals surface area contributed by atoms with Gasteiger partial charge in [0.15, 0.2) is 4.18 Å². The summed E-state index contributed by atoms with van der Waals surface area (Å²) in [5.41, 5.74) is -0.500. The van der Waals surface area contributed by atoms with E-state index in [0.29, 0.717) is 5.56 Å². The highest BCUT2D eigenvalue weighted by molar-refractivity contribution is 14.1. The Bertz CT molecular complexity index is 922. The molecule has 28 heavy (non-hydrogen) atoms. The number of rotatable bonds is 6. The van der Waals surface area contributed by atoms with Crippen molar-refractivity contribution in [3.63, 3.8) is 0 Å². The second kappa shape index (κ2) is 9.14. The van der Waals surface area contributed by atoms with Crippen LogP contribution in [0.15, 0.2) is 84.9 Å². The molecule has 0 aliphatic carbocycles. The molecular weight excluding hydrogens is 475 g/mol. The van der Waals surface area contributed by atoms with Gasteiger partial charge in [0.2, 0.25) is 0 Å². The number of carbonyl (C=O) groups is 1. The summed E-state index contributed by atoms with van der Waals surface area (Å²) in [6.45, 7) is 0.0208. The highest BCUT2D eigenvalue weighted by Crippen LogP contribution is 2.39. The average molecular weight is 493 g/mol. The lowest BCUT2D eigenvalue weighted by Crippen LogP contribution is -2.52. The van der Waals surface area contributed by atoms with Crippen LogP contribution >= 0.6 is 22.6 Å². The first-order valence-corrected chi connectivity index (χ1v) is 9.86. The Morgan fingerprint density at radius 1 is 0.964 bits per heavy atom. The van der Waals surface area contributed by atoms with Gasteiger partial charge in [0.05, 0.1) is 0 Å². The first-order valence-electron chi connectivity index (χ1n) is 8.61. The first kappa shape index (κ1) is 20.3. The molecule has 144 valence electrons. The molecule has 0 radical (unpaired) electrons. The average Bonchev–Trinajstić information content (AvgIpc) is 2.72. The molecule has 0 aliphatic rings. The Kier molecular flexibility index (Phi) is 6.61. The Morgan fingerprint density at radius 2 is 1.54 bits per heavy atom. The van der Waals surface area contributed by atoms with Gasteiger partial charge in [-0.05, 0) is 39.8 Å². The second-order valence-corrected chi connectivity index (χ2v) is 7.23. The van der Waals surface area contributed by atoms with E-state index in [1.807, 2.05) is 30.3 Å². The number of alkyl halides is 2. The van der Waals surface area contributed by atoms with Gasteiger partial charge in [-0.2, -0.15) is 0 Å². The molecule has 3 aromatic rings. The van der Waals surface area contributed by atoms with E-state index in [1.165, 1.54) is 18.2 Å². The van der Waals surface area contributed by atoms with Gasteiger partial charge >= 0.3 is 6.09 Å². The fraction of sp³-hybridized carbons (Fsp3) is 0.136. The molecule has 0 fully saturated rings. The van der Waals surface area contributed by atoms with Gasteiger partial charge < -0.3 is 10.1 Å². The van der Waals surface area contributed by atoms with Crippen LogP contribution in [0.1, 0.15) is 16.7 Å². The zero-order valence-electron chi connectivity index (χ0n) is 14.8. The molecule has 0 aromatic heterocycles. The van der Waals surface area contributed by atoms with Gasteiger partial charge in [-0.3, -0.25) is 0 Å². The maximum atomic E-state index is 15.0. The van der Waals surface area contributed by atoms with Crippen LogP contribution in [-0.4, -0.2) is 10.3 Å². The SMILES string of the molecule is O=C(NC(c1ccccc1)(c1ccccc1F)C(F)I)OCc1ccccc1. The fourth-order valence-electron chi connectivity index (χ4n) is 3.00. The van der Waals surface area contributed by atoms with Crippen LogP contribution in [0.25, 0.3) is 0 Å². The first-order chi connectivity index (χ1) is 13.5. The van der Waals surface area contributed by atoms with Gasteiger partial charge in [-0.15, -0.1) is 0 Å². The van der Waals surface area contributed by atoms with Crippen molar-refractivity contribution in [2.45, 2.75) is 16.3 Å². The highest BCUT2D eigenvalue weighted by Gasteiger charge is 2.45. The summed E-state index contributed by atoms with van der Waals surface area (Å²) in [7, 11) is 0. The number of hydrogen-bond donors (Lipinski definition) is 1. The molecule has 0 saturated carbocycles. The van der Waals surface area contributed by atoms with E-state index in [-0.39, 0.29) is 12.2 Å². The van der Waals surface area contributed by atoms with Gasteiger partial charge in [-0.25, -0.2) is 13.6 Å². The van der Waals surface area contributed by atoms with E-state index in [9.17, 15) is 9.18 Å². The number of ether oxygens (including phenoxy) is 1. The molecule has 3 nitrogen and oxygen atoms in total. The summed E-state index contributed by atoms with van der Waals surface area (Å²) in [5.74, 6) is -0.617.